The van der Waals surface area contributed by atoms with Crippen molar-refractivity contribution in [3.05, 3.63) is 53.6 Å². The first-order valence-electron chi connectivity index (χ1n) is 7.82. The fraction of sp³-hybridized carbons (Fsp3) is 0.316. The topological polar surface area (TPSA) is 55.8 Å². The molecule has 0 aromatic heterocycles. The molecule has 0 heterocycles. The summed E-state index contributed by atoms with van der Waals surface area (Å²) in [6, 6.07) is 10.4. The first kappa shape index (κ1) is 19.8. The highest BCUT2D eigenvalue weighted by Crippen LogP contribution is 2.31. The molecule has 0 saturated heterocycles. The van der Waals surface area contributed by atoms with E-state index in [2.05, 4.69) is 4.74 Å². The number of alkyl halides is 3. The Morgan fingerprint density at radius 3 is 2.08 bits per heavy atom. The monoisotopic (exact) mass is 368 g/mol. The number of aliphatic hydroxyl groups is 1. The highest BCUT2D eigenvalue weighted by Gasteiger charge is 2.32. The maximum Gasteiger partial charge on any atom is 0.573 e. The van der Waals surface area contributed by atoms with Gasteiger partial charge in [-0.25, -0.2) is 4.79 Å². The number of ether oxygens (including phenoxy) is 2. The minimum Gasteiger partial charge on any atom is -0.456 e. The molecule has 0 bridgehead atoms. The normalized spacial score (nSPS) is 12.0. The van der Waals surface area contributed by atoms with Crippen molar-refractivity contribution in [2.24, 2.45) is 0 Å². The number of halogens is 3. The first-order chi connectivity index (χ1) is 12.0. The molecule has 4 nitrogen and oxygen atoms in total. The van der Waals surface area contributed by atoms with E-state index in [0.717, 1.165) is 0 Å². The molecule has 1 N–H and O–H groups in total. The number of rotatable bonds is 4. The number of hydrogen-bond donors (Lipinski definition) is 1. The van der Waals surface area contributed by atoms with E-state index in [-0.39, 0.29) is 5.56 Å². The Labute approximate surface area is 149 Å². The van der Waals surface area contributed by atoms with Crippen molar-refractivity contribution >= 4 is 5.97 Å². The highest BCUT2D eigenvalue weighted by atomic mass is 19.4. The number of esters is 1. The Hall–Kier alpha value is -2.54. The fourth-order valence-electron chi connectivity index (χ4n) is 2.22. The minimum absolute atomic E-state index is 0.0245. The van der Waals surface area contributed by atoms with Crippen molar-refractivity contribution in [2.45, 2.75) is 39.3 Å². The second-order valence-corrected chi connectivity index (χ2v) is 6.61. The average Bonchev–Trinajstić information content (AvgIpc) is 2.52. The molecular weight excluding hydrogens is 349 g/mol. The van der Waals surface area contributed by atoms with E-state index < -0.39 is 30.3 Å². The Morgan fingerprint density at radius 1 is 1.00 bits per heavy atom. The summed E-state index contributed by atoms with van der Waals surface area (Å²) in [5.74, 6) is -0.950. The number of benzene rings is 2. The van der Waals surface area contributed by atoms with Crippen molar-refractivity contribution in [2.75, 3.05) is 0 Å². The second kappa shape index (κ2) is 7.37. The molecule has 0 unspecified atom stereocenters. The van der Waals surface area contributed by atoms with Crippen molar-refractivity contribution in [1.29, 1.82) is 0 Å². The van der Waals surface area contributed by atoms with E-state index >= 15 is 0 Å². The maximum absolute atomic E-state index is 12.5. The number of hydrogen-bond acceptors (Lipinski definition) is 4. The van der Waals surface area contributed by atoms with Crippen molar-refractivity contribution in [3.63, 3.8) is 0 Å². The predicted octanol–water partition coefficient (Wildman–Crippen LogP) is 4.70. The van der Waals surface area contributed by atoms with Gasteiger partial charge in [-0.3, -0.25) is 0 Å². The molecule has 7 heteroatoms. The van der Waals surface area contributed by atoms with Crippen molar-refractivity contribution in [1.82, 2.24) is 0 Å². The Balaban J connectivity index is 2.28. The maximum atomic E-state index is 12.5. The van der Waals surface area contributed by atoms with Crippen LogP contribution in [0.4, 0.5) is 13.2 Å². The van der Waals surface area contributed by atoms with E-state index in [9.17, 15) is 18.0 Å². The largest absolute Gasteiger partial charge is 0.573 e. The molecule has 0 aliphatic heterocycles. The molecule has 2 rings (SSSR count). The Bertz CT molecular complexity index is 775. The lowest BCUT2D eigenvalue weighted by Crippen LogP contribution is -2.23. The van der Waals surface area contributed by atoms with Crippen LogP contribution in [0.25, 0.3) is 11.1 Å². The van der Waals surface area contributed by atoms with Gasteiger partial charge in [0, 0.05) is 5.56 Å². The molecule has 0 aliphatic carbocycles. The van der Waals surface area contributed by atoms with Gasteiger partial charge in [-0.2, -0.15) is 0 Å². The molecule has 0 amide bonds. The molecule has 0 spiro atoms. The van der Waals surface area contributed by atoms with E-state index in [4.69, 9.17) is 9.84 Å². The lowest BCUT2D eigenvalue weighted by molar-refractivity contribution is -0.275. The van der Waals surface area contributed by atoms with E-state index in [1.165, 1.54) is 24.3 Å². The van der Waals surface area contributed by atoms with Crippen LogP contribution in [-0.2, 0) is 11.3 Å². The summed E-state index contributed by atoms with van der Waals surface area (Å²) in [6.45, 7) is 4.68. The quantitative estimate of drug-likeness (QED) is 0.795. The Morgan fingerprint density at radius 2 is 1.58 bits per heavy atom. The van der Waals surface area contributed by atoms with Crippen LogP contribution >= 0.6 is 0 Å². The van der Waals surface area contributed by atoms with E-state index in [1.54, 1.807) is 39.0 Å². The molecule has 2 aromatic carbocycles. The van der Waals surface area contributed by atoms with Crippen LogP contribution in [-0.4, -0.2) is 23.0 Å². The summed E-state index contributed by atoms with van der Waals surface area (Å²) < 4.78 is 46.8. The summed E-state index contributed by atoms with van der Waals surface area (Å²) in [5.41, 5.74) is 0.782. The van der Waals surface area contributed by atoms with Crippen LogP contribution in [0.15, 0.2) is 42.5 Å². The third kappa shape index (κ3) is 5.49. The second-order valence-electron chi connectivity index (χ2n) is 6.61. The van der Waals surface area contributed by atoms with Crippen LogP contribution in [0.5, 0.6) is 5.75 Å². The van der Waals surface area contributed by atoms with Crippen molar-refractivity contribution < 1.29 is 32.5 Å². The molecule has 0 fully saturated rings. The fourth-order valence-corrected chi connectivity index (χ4v) is 2.22. The molecule has 0 radical (unpaired) electrons. The van der Waals surface area contributed by atoms with Gasteiger partial charge in [0.2, 0.25) is 0 Å². The zero-order valence-electron chi connectivity index (χ0n) is 14.6. The summed E-state index contributed by atoms with van der Waals surface area (Å²) in [5, 5.41) is 9.17. The highest BCUT2D eigenvalue weighted by molar-refractivity contribution is 5.90. The zero-order chi connectivity index (χ0) is 19.5. The molecule has 0 saturated carbocycles. The zero-order valence-corrected chi connectivity index (χ0v) is 14.6. The van der Waals surface area contributed by atoms with Gasteiger partial charge in [-0.05, 0) is 50.1 Å². The number of aliphatic hydroxyl groups excluding tert-OH is 1. The minimum atomic E-state index is -4.86. The van der Waals surface area contributed by atoms with Gasteiger partial charge in [-0.1, -0.05) is 24.3 Å². The van der Waals surface area contributed by atoms with Gasteiger partial charge < -0.3 is 14.6 Å². The lowest BCUT2D eigenvalue weighted by atomic mass is 10.0. The third-order valence-corrected chi connectivity index (χ3v) is 3.32. The van der Waals surface area contributed by atoms with Gasteiger partial charge in [0.15, 0.2) is 0 Å². The molecule has 140 valence electrons. The predicted molar refractivity (Wildman–Crippen MR) is 89.7 cm³/mol. The van der Waals surface area contributed by atoms with Crippen LogP contribution in [0.3, 0.4) is 0 Å². The summed E-state index contributed by atoms with van der Waals surface area (Å²) in [7, 11) is 0. The first-order valence-corrected chi connectivity index (χ1v) is 7.82. The van der Waals surface area contributed by atoms with Gasteiger partial charge in [0.05, 0.1) is 12.2 Å². The molecule has 26 heavy (non-hydrogen) atoms. The van der Waals surface area contributed by atoms with E-state index in [0.29, 0.717) is 16.7 Å². The van der Waals surface area contributed by atoms with Crippen LogP contribution in [0, 0.1) is 0 Å². The summed E-state index contributed by atoms with van der Waals surface area (Å²) in [4.78, 5) is 12.0. The van der Waals surface area contributed by atoms with Gasteiger partial charge in [-0.15, -0.1) is 13.2 Å². The van der Waals surface area contributed by atoms with Crippen LogP contribution in [0.2, 0.25) is 0 Å². The van der Waals surface area contributed by atoms with Gasteiger partial charge in [0.25, 0.3) is 0 Å². The van der Waals surface area contributed by atoms with Gasteiger partial charge >= 0.3 is 12.3 Å². The van der Waals surface area contributed by atoms with Crippen LogP contribution < -0.4 is 4.74 Å². The smallest absolute Gasteiger partial charge is 0.456 e. The molecular formula is C19H19F3O4. The summed E-state index contributed by atoms with van der Waals surface area (Å²) >= 11 is 0. The van der Waals surface area contributed by atoms with Gasteiger partial charge in [0.1, 0.15) is 11.4 Å². The number of carbonyl (C=O) groups is 1. The van der Waals surface area contributed by atoms with Crippen LogP contribution in [0.1, 0.15) is 36.7 Å². The Kier molecular flexibility index (Phi) is 5.61. The molecule has 0 atom stereocenters. The SMILES string of the molecule is CC(C)(C)OC(=O)c1ccc(-c2ccc(CO)c(OC(F)(F)F)c2)cc1. The third-order valence-electron chi connectivity index (χ3n) is 3.32. The standard InChI is InChI=1S/C19H19F3O4/c1-18(2,3)26-17(24)13-6-4-12(5-7-13)14-8-9-15(11-23)16(10-14)25-19(20,21)22/h4-10,23H,11H2,1-3H3. The number of carbonyl (C=O) groups excluding carboxylic acids is 1. The molecule has 2 aromatic rings. The average molecular weight is 368 g/mol. The lowest BCUT2D eigenvalue weighted by Gasteiger charge is -2.19. The van der Waals surface area contributed by atoms with Crippen molar-refractivity contribution in [3.8, 4) is 16.9 Å². The molecule has 0 aliphatic rings. The summed E-state index contributed by atoms with van der Waals surface area (Å²) in [6.07, 6.45) is -4.86. The van der Waals surface area contributed by atoms with E-state index in [1.807, 2.05) is 0 Å².